The molecule has 1 aromatic heterocycles. The molecule has 8 heteroatoms. The number of likely N-dealkylation sites (tertiary alicyclic amines) is 1. The lowest BCUT2D eigenvalue weighted by Crippen LogP contribution is -2.33. The summed E-state index contributed by atoms with van der Waals surface area (Å²) < 4.78 is 0. The molecule has 1 amide bonds. The first-order valence-electron chi connectivity index (χ1n) is 7.62. The predicted octanol–water partition coefficient (Wildman–Crippen LogP) is 1.06. The van der Waals surface area contributed by atoms with Crippen LogP contribution in [0.5, 0.6) is 0 Å². The Hall–Kier alpha value is -1.99. The maximum atomic E-state index is 12.3. The van der Waals surface area contributed by atoms with Crippen LogP contribution in [0.2, 0.25) is 5.02 Å². The molecule has 1 atom stereocenters. The van der Waals surface area contributed by atoms with Crippen LogP contribution < -0.4 is 5.32 Å². The summed E-state index contributed by atoms with van der Waals surface area (Å²) in [4.78, 5) is 15.5. The number of tetrazole rings is 1. The number of amides is 1. The van der Waals surface area contributed by atoms with Gasteiger partial charge in [0.2, 0.25) is 11.7 Å². The standard InChI is InChI=1S/C15H19ClN6O/c1-17-8-11-6-7-21(9-11)14(23)10-22-19-15(18-20-22)12-2-4-13(16)5-3-12/h2-5,11,17H,6-10H2,1H3. The van der Waals surface area contributed by atoms with E-state index < -0.39 is 0 Å². The average Bonchev–Trinajstić information content (AvgIpc) is 3.18. The lowest BCUT2D eigenvalue weighted by molar-refractivity contribution is -0.131. The summed E-state index contributed by atoms with van der Waals surface area (Å²) in [6, 6.07) is 7.20. The highest BCUT2D eigenvalue weighted by Gasteiger charge is 2.26. The van der Waals surface area contributed by atoms with Crippen LogP contribution in [0.4, 0.5) is 0 Å². The number of aromatic nitrogens is 4. The zero-order chi connectivity index (χ0) is 16.2. The second kappa shape index (κ2) is 7.06. The topological polar surface area (TPSA) is 75.9 Å². The van der Waals surface area contributed by atoms with Gasteiger partial charge in [0.15, 0.2) is 0 Å². The Balaban J connectivity index is 1.61. The molecule has 0 spiro atoms. The number of nitrogens with one attached hydrogen (secondary N) is 1. The molecule has 23 heavy (non-hydrogen) atoms. The van der Waals surface area contributed by atoms with Gasteiger partial charge in [-0.05, 0) is 55.4 Å². The summed E-state index contributed by atoms with van der Waals surface area (Å²) in [6.07, 6.45) is 1.04. The van der Waals surface area contributed by atoms with E-state index in [2.05, 4.69) is 20.7 Å². The van der Waals surface area contributed by atoms with Crippen LogP contribution in [0.1, 0.15) is 6.42 Å². The number of halogens is 1. The Kier molecular flexibility index (Phi) is 4.88. The largest absolute Gasteiger partial charge is 0.341 e. The van der Waals surface area contributed by atoms with Crippen molar-refractivity contribution in [1.82, 2.24) is 30.4 Å². The molecule has 122 valence electrons. The minimum absolute atomic E-state index is 0.0312. The molecule has 1 fully saturated rings. The van der Waals surface area contributed by atoms with E-state index in [1.165, 1.54) is 4.80 Å². The quantitative estimate of drug-likeness (QED) is 0.885. The summed E-state index contributed by atoms with van der Waals surface area (Å²) in [5.41, 5.74) is 0.823. The number of hydrogen-bond acceptors (Lipinski definition) is 5. The molecule has 1 N–H and O–H groups in total. The van der Waals surface area contributed by atoms with Crippen molar-refractivity contribution < 1.29 is 4.79 Å². The van der Waals surface area contributed by atoms with Gasteiger partial charge < -0.3 is 10.2 Å². The second-order valence-electron chi connectivity index (χ2n) is 5.70. The van der Waals surface area contributed by atoms with Gasteiger partial charge in [0.25, 0.3) is 0 Å². The maximum absolute atomic E-state index is 12.3. The smallest absolute Gasteiger partial charge is 0.246 e. The van der Waals surface area contributed by atoms with Crippen LogP contribution in [0.15, 0.2) is 24.3 Å². The number of rotatable bonds is 5. The average molecular weight is 335 g/mol. The zero-order valence-electron chi connectivity index (χ0n) is 12.9. The third-order valence-corrected chi connectivity index (χ3v) is 4.22. The Morgan fingerprint density at radius 1 is 1.39 bits per heavy atom. The predicted molar refractivity (Wildman–Crippen MR) is 86.9 cm³/mol. The molecule has 1 unspecified atom stereocenters. The lowest BCUT2D eigenvalue weighted by atomic mass is 10.1. The summed E-state index contributed by atoms with van der Waals surface area (Å²) in [5, 5.41) is 16.0. The van der Waals surface area contributed by atoms with Crippen molar-refractivity contribution in [2.45, 2.75) is 13.0 Å². The minimum atomic E-state index is 0.0312. The van der Waals surface area contributed by atoms with Gasteiger partial charge in [0.1, 0.15) is 6.54 Å². The van der Waals surface area contributed by atoms with Gasteiger partial charge in [-0.3, -0.25) is 4.79 Å². The van der Waals surface area contributed by atoms with E-state index in [-0.39, 0.29) is 12.5 Å². The van der Waals surface area contributed by atoms with Crippen molar-refractivity contribution in [2.75, 3.05) is 26.7 Å². The molecular weight excluding hydrogens is 316 g/mol. The molecule has 0 saturated carbocycles. The van der Waals surface area contributed by atoms with E-state index in [0.717, 1.165) is 31.6 Å². The van der Waals surface area contributed by atoms with E-state index in [0.29, 0.717) is 16.8 Å². The monoisotopic (exact) mass is 334 g/mol. The van der Waals surface area contributed by atoms with Crippen LogP contribution in [-0.2, 0) is 11.3 Å². The first kappa shape index (κ1) is 15.9. The lowest BCUT2D eigenvalue weighted by Gasteiger charge is -2.15. The fraction of sp³-hybridized carbons (Fsp3) is 0.467. The number of carbonyl (C=O) groups is 1. The first-order valence-corrected chi connectivity index (χ1v) is 7.99. The van der Waals surface area contributed by atoms with E-state index in [4.69, 9.17) is 11.6 Å². The van der Waals surface area contributed by atoms with Gasteiger partial charge in [-0.1, -0.05) is 11.6 Å². The summed E-state index contributed by atoms with van der Waals surface area (Å²) in [7, 11) is 1.93. The highest BCUT2D eigenvalue weighted by molar-refractivity contribution is 6.30. The minimum Gasteiger partial charge on any atom is -0.341 e. The SMILES string of the molecule is CNCC1CCN(C(=O)Cn2nnc(-c3ccc(Cl)cc3)n2)C1. The molecule has 1 aliphatic rings. The highest BCUT2D eigenvalue weighted by atomic mass is 35.5. The first-order chi connectivity index (χ1) is 11.2. The third-order valence-electron chi connectivity index (χ3n) is 3.96. The molecule has 0 bridgehead atoms. The molecule has 2 aromatic rings. The Bertz CT molecular complexity index is 671. The van der Waals surface area contributed by atoms with E-state index in [1.807, 2.05) is 24.1 Å². The number of benzene rings is 1. The second-order valence-corrected chi connectivity index (χ2v) is 6.14. The van der Waals surface area contributed by atoms with E-state index in [9.17, 15) is 4.79 Å². The van der Waals surface area contributed by atoms with Gasteiger partial charge in [0, 0.05) is 23.7 Å². The Labute approximate surface area is 139 Å². The molecule has 0 aliphatic carbocycles. The fourth-order valence-corrected chi connectivity index (χ4v) is 2.89. The van der Waals surface area contributed by atoms with Gasteiger partial charge in [0.05, 0.1) is 0 Å². The number of carbonyl (C=O) groups excluding carboxylic acids is 1. The molecule has 1 aliphatic heterocycles. The number of hydrogen-bond donors (Lipinski definition) is 1. The van der Waals surface area contributed by atoms with Crippen molar-refractivity contribution >= 4 is 17.5 Å². The van der Waals surface area contributed by atoms with Crippen LogP contribution in [-0.4, -0.2) is 57.7 Å². The van der Waals surface area contributed by atoms with Crippen molar-refractivity contribution in [3.05, 3.63) is 29.3 Å². The Morgan fingerprint density at radius 3 is 2.91 bits per heavy atom. The molecular formula is C15H19ClN6O. The van der Waals surface area contributed by atoms with Gasteiger partial charge in [-0.15, -0.1) is 10.2 Å². The van der Waals surface area contributed by atoms with Crippen LogP contribution >= 0.6 is 11.6 Å². The number of nitrogens with zero attached hydrogens (tertiary/aromatic N) is 5. The highest BCUT2D eigenvalue weighted by Crippen LogP contribution is 2.18. The molecule has 2 heterocycles. The summed E-state index contributed by atoms with van der Waals surface area (Å²) >= 11 is 5.86. The van der Waals surface area contributed by atoms with Gasteiger partial charge in [-0.25, -0.2) is 0 Å². The van der Waals surface area contributed by atoms with Gasteiger partial charge >= 0.3 is 0 Å². The Morgan fingerprint density at radius 2 is 2.17 bits per heavy atom. The van der Waals surface area contributed by atoms with E-state index >= 15 is 0 Å². The summed E-state index contributed by atoms with van der Waals surface area (Å²) in [5.74, 6) is 1.05. The summed E-state index contributed by atoms with van der Waals surface area (Å²) in [6.45, 7) is 2.64. The van der Waals surface area contributed by atoms with E-state index in [1.54, 1.807) is 12.1 Å². The molecule has 1 saturated heterocycles. The fourth-order valence-electron chi connectivity index (χ4n) is 2.76. The molecule has 7 nitrogen and oxygen atoms in total. The van der Waals surface area contributed by atoms with Gasteiger partial charge in [-0.2, -0.15) is 4.80 Å². The van der Waals surface area contributed by atoms with Crippen LogP contribution in [0, 0.1) is 5.92 Å². The third kappa shape index (κ3) is 3.86. The zero-order valence-corrected chi connectivity index (χ0v) is 13.7. The van der Waals surface area contributed by atoms with Crippen molar-refractivity contribution in [3.8, 4) is 11.4 Å². The van der Waals surface area contributed by atoms with Crippen LogP contribution in [0.25, 0.3) is 11.4 Å². The molecule has 3 rings (SSSR count). The van der Waals surface area contributed by atoms with Crippen molar-refractivity contribution in [1.29, 1.82) is 0 Å². The van der Waals surface area contributed by atoms with Crippen molar-refractivity contribution in [2.24, 2.45) is 5.92 Å². The maximum Gasteiger partial charge on any atom is 0.246 e. The van der Waals surface area contributed by atoms with Crippen molar-refractivity contribution in [3.63, 3.8) is 0 Å². The van der Waals surface area contributed by atoms with Crippen LogP contribution in [0.3, 0.4) is 0 Å². The molecule has 1 aromatic carbocycles. The normalized spacial score (nSPS) is 17.7. The molecule has 0 radical (unpaired) electrons.